The van der Waals surface area contributed by atoms with Crippen LogP contribution in [0.25, 0.3) is 0 Å². The van der Waals surface area contributed by atoms with Crippen molar-refractivity contribution in [2.24, 2.45) is 0 Å². The third-order valence-electron chi connectivity index (χ3n) is 3.96. The Morgan fingerprint density at radius 2 is 1.91 bits per heavy atom. The normalized spacial score (nSPS) is 15.3. The van der Waals surface area contributed by atoms with Crippen molar-refractivity contribution in [2.75, 3.05) is 12.3 Å². The topological polar surface area (TPSA) is 42.0 Å². The minimum Gasteiger partial charge on any atom is -0.355 e. The molecular weight excluding hydrogens is 292 g/mol. The first-order valence-electron chi connectivity index (χ1n) is 7.69. The molecule has 22 heavy (non-hydrogen) atoms. The highest BCUT2D eigenvalue weighted by atomic mass is 32.2. The predicted octanol–water partition coefficient (Wildman–Crippen LogP) is 3.41. The van der Waals surface area contributed by atoms with Crippen LogP contribution in [0.5, 0.6) is 0 Å². The van der Waals surface area contributed by atoms with Crippen molar-refractivity contribution >= 4 is 17.7 Å². The number of nitrogens with zero attached hydrogens (tertiary/aromatic N) is 1. The van der Waals surface area contributed by atoms with E-state index < -0.39 is 0 Å². The summed E-state index contributed by atoms with van der Waals surface area (Å²) in [4.78, 5) is 18.0. The van der Waals surface area contributed by atoms with Crippen LogP contribution in [0, 0.1) is 0 Å². The van der Waals surface area contributed by atoms with E-state index in [1.54, 1.807) is 6.20 Å². The molecule has 1 aliphatic rings. The Kier molecular flexibility index (Phi) is 4.78. The Balaban J connectivity index is 1.42. The van der Waals surface area contributed by atoms with E-state index in [9.17, 15) is 4.79 Å². The fourth-order valence-electron chi connectivity index (χ4n) is 2.52. The van der Waals surface area contributed by atoms with Gasteiger partial charge in [0.1, 0.15) is 0 Å². The van der Waals surface area contributed by atoms with E-state index in [0.29, 0.717) is 0 Å². The quantitative estimate of drug-likeness (QED) is 0.629. The van der Waals surface area contributed by atoms with Crippen LogP contribution in [0.2, 0.25) is 0 Å². The molecule has 1 fully saturated rings. The number of carbonyl (C=O) groups is 1. The Labute approximate surface area is 135 Å². The van der Waals surface area contributed by atoms with Crippen molar-refractivity contribution in [1.29, 1.82) is 0 Å². The molecule has 1 amide bonds. The molecule has 0 bridgehead atoms. The second-order valence-corrected chi connectivity index (χ2v) is 6.74. The molecule has 3 nitrogen and oxygen atoms in total. The van der Waals surface area contributed by atoms with E-state index in [1.165, 1.54) is 4.90 Å². The van der Waals surface area contributed by atoms with Crippen molar-refractivity contribution in [3.05, 3.63) is 60.4 Å². The zero-order chi connectivity index (χ0) is 15.3. The monoisotopic (exact) mass is 312 g/mol. The zero-order valence-electron chi connectivity index (χ0n) is 12.5. The van der Waals surface area contributed by atoms with E-state index in [1.807, 2.05) is 48.2 Å². The van der Waals surface area contributed by atoms with E-state index in [4.69, 9.17) is 0 Å². The van der Waals surface area contributed by atoms with Gasteiger partial charge in [-0.1, -0.05) is 24.3 Å². The average Bonchev–Trinajstić information content (AvgIpc) is 3.38. The van der Waals surface area contributed by atoms with Crippen LogP contribution in [0.15, 0.2) is 59.6 Å². The maximum absolute atomic E-state index is 12.4. The second kappa shape index (κ2) is 6.97. The summed E-state index contributed by atoms with van der Waals surface area (Å²) >= 11 is 1.83. The molecule has 0 unspecified atom stereocenters. The third-order valence-corrected chi connectivity index (χ3v) is 5.06. The smallest absolute Gasteiger partial charge is 0.232 e. The van der Waals surface area contributed by atoms with Gasteiger partial charge in [-0.25, -0.2) is 0 Å². The lowest BCUT2D eigenvalue weighted by atomic mass is 10.0. The van der Waals surface area contributed by atoms with Gasteiger partial charge in [-0.2, -0.15) is 0 Å². The number of rotatable bonds is 7. The number of amides is 1. The van der Waals surface area contributed by atoms with Gasteiger partial charge in [0.25, 0.3) is 0 Å². The van der Waals surface area contributed by atoms with Gasteiger partial charge in [0.2, 0.25) is 5.91 Å². The lowest BCUT2D eigenvalue weighted by molar-refractivity contribution is -0.123. The fourth-order valence-corrected chi connectivity index (χ4v) is 3.39. The van der Waals surface area contributed by atoms with Gasteiger partial charge < -0.3 is 5.32 Å². The summed E-state index contributed by atoms with van der Waals surface area (Å²) in [7, 11) is 0. The second-order valence-electron chi connectivity index (χ2n) is 5.57. The van der Waals surface area contributed by atoms with Gasteiger partial charge in [0.05, 0.1) is 11.1 Å². The number of hydrogen-bond donors (Lipinski definition) is 1. The molecule has 0 spiro atoms. The highest BCUT2D eigenvalue weighted by Crippen LogP contribution is 2.47. The summed E-state index contributed by atoms with van der Waals surface area (Å²) < 4.78 is 0. The molecule has 114 valence electrons. The first-order valence-corrected chi connectivity index (χ1v) is 8.67. The van der Waals surface area contributed by atoms with E-state index in [0.717, 1.165) is 37.3 Å². The molecular formula is C18H20N2OS. The highest BCUT2D eigenvalue weighted by molar-refractivity contribution is 7.99. The number of nitrogens with one attached hydrogen (secondary N) is 1. The van der Waals surface area contributed by atoms with Gasteiger partial charge in [-0.15, -0.1) is 11.8 Å². The number of thioether (sulfide) groups is 1. The summed E-state index contributed by atoms with van der Waals surface area (Å²) in [6.45, 7) is 0.729. The van der Waals surface area contributed by atoms with Crippen LogP contribution in [0.4, 0.5) is 0 Å². The van der Waals surface area contributed by atoms with Crippen LogP contribution in [0.1, 0.15) is 25.0 Å². The van der Waals surface area contributed by atoms with Gasteiger partial charge >= 0.3 is 0 Å². The molecule has 1 aliphatic carbocycles. The molecule has 0 radical (unpaired) electrons. The fraction of sp³-hybridized carbons (Fsp3) is 0.333. The zero-order valence-corrected chi connectivity index (χ0v) is 13.3. The van der Waals surface area contributed by atoms with Crippen LogP contribution in [0.3, 0.4) is 0 Å². The summed E-state index contributed by atoms with van der Waals surface area (Å²) in [5.41, 5.74) is 0.555. The lowest BCUT2D eigenvalue weighted by Crippen LogP contribution is -2.36. The summed E-state index contributed by atoms with van der Waals surface area (Å²) in [6.07, 6.45) is 4.56. The van der Waals surface area contributed by atoms with Gasteiger partial charge in [-0.3, -0.25) is 9.78 Å². The Bertz CT molecular complexity index is 611. The van der Waals surface area contributed by atoms with E-state index in [-0.39, 0.29) is 11.3 Å². The van der Waals surface area contributed by atoms with Crippen LogP contribution in [-0.4, -0.2) is 23.2 Å². The third kappa shape index (κ3) is 3.50. The Morgan fingerprint density at radius 1 is 1.14 bits per heavy atom. The van der Waals surface area contributed by atoms with Crippen LogP contribution < -0.4 is 5.32 Å². The summed E-state index contributed by atoms with van der Waals surface area (Å²) in [5.74, 6) is 1.15. The summed E-state index contributed by atoms with van der Waals surface area (Å²) in [6, 6.07) is 16.1. The first kappa shape index (κ1) is 15.1. The molecule has 1 aromatic heterocycles. The molecule has 1 aromatic carbocycles. The minimum atomic E-state index is -0.353. The van der Waals surface area contributed by atoms with Gasteiger partial charge in [0, 0.05) is 17.6 Å². The molecule has 4 heteroatoms. The average molecular weight is 312 g/mol. The lowest BCUT2D eigenvalue weighted by Gasteiger charge is -2.14. The molecule has 2 aromatic rings. The first-order chi connectivity index (χ1) is 10.8. The number of carbonyl (C=O) groups excluding carboxylic acids is 1. The molecule has 0 aliphatic heterocycles. The minimum absolute atomic E-state index is 0.135. The number of aromatic nitrogens is 1. The van der Waals surface area contributed by atoms with Crippen molar-refractivity contribution in [3.8, 4) is 0 Å². The van der Waals surface area contributed by atoms with Crippen LogP contribution in [-0.2, 0) is 10.2 Å². The van der Waals surface area contributed by atoms with E-state index in [2.05, 4.69) is 22.4 Å². The number of benzene rings is 1. The van der Waals surface area contributed by atoms with Crippen molar-refractivity contribution in [1.82, 2.24) is 10.3 Å². The SMILES string of the molecule is O=C(NCCCSc1ccccc1)C1(c2ccccn2)CC1. The number of hydrogen-bond acceptors (Lipinski definition) is 3. The number of pyridine rings is 1. The Morgan fingerprint density at radius 3 is 2.59 bits per heavy atom. The molecule has 1 saturated carbocycles. The molecule has 0 saturated heterocycles. The predicted molar refractivity (Wildman–Crippen MR) is 89.9 cm³/mol. The highest BCUT2D eigenvalue weighted by Gasteiger charge is 2.52. The molecule has 0 atom stereocenters. The van der Waals surface area contributed by atoms with E-state index >= 15 is 0 Å². The Hall–Kier alpha value is -1.81. The van der Waals surface area contributed by atoms with Crippen molar-refractivity contribution in [3.63, 3.8) is 0 Å². The maximum atomic E-state index is 12.4. The van der Waals surface area contributed by atoms with Crippen molar-refractivity contribution in [2.45, 2.75) is 29.6 Å². The van der Waals surface area contributed by atoms with Gasteiger partial charge in [0.15, 0.2) is 0 Å². The van der Waals surface area contributed by atoms with Crippen molar-refractivity contribution < 1.29 is 4.79 Å². The molecule has 3 rings (SSSR count). The van der Waals surface area contributed by atoms with Gasteiger partial charge in [-0.05, 0) is 49.3 Å². The maximum Gasteiger partial charge on any atom is 0.232 e. The summed E-state index contributed by atoms with van der Waals surface area (Å²) in [5, 5.41) is 3.08. The molecule has 1 N–H and O–H groups in total. The van der Waals surface area contributed by atoms with Crippen LogP contribution >= 0.6 is 11.8 Å². The molecule has 1 heterocycles. The largest absolute Gasteiger partial charge is 0.355 e. The standard InChI is InChI=1S/C18H20N2OS/c21-17(18(10-11-18)16-9-4-5-12-19-16)20-13-6-14-22-15-7-2-1-3-8-15/h1-5,7-9,12H,6,10-11,13-14H2,(H,20,21).